The van der Waals surface area contributed by atoms with Crippen LogP contribution in [0, 0.1) is 13.8 Å². The summed E-state index contributed by atoms with van der Waals surface area (Å²) in [7, 11) is 0. The lowest BCUT2D eigenvalue weighted by Crippen LogP contribution is -2.40. The Labute approximate surface area is 158 Å². The summed E-state index contributed by atoms with van der Waals surface area (Å²) in [5, 5.41) is 7.66. The van der Waals surface area contributed by atoms with Crippen LogP contribution in [0.4, 0.5) is 4.79 Å². The molecule has 0 radical (unpaired) electrons. The number of nitrogens with one attached hydrogen (secondary N) is 1. The molecule has 2 amide bonds. The summed E-state index contributed by atoms with van der Waals surface area (Å²) < 4.78 is 6.86. The molecule has 0 bridgehead atoms. The molecule has 1 aliphatic carbocycles. The molecule has 1 aromatic heterocycles. The first-order valence-corrected chi connectivity index (χ1v) is 9.38. The van der Waals surface area contributed by atoms with Gasteiger partial charge in [0.05, 0.1) is 24.5 Å². The fourth-order valence-electron chi connectivity index (χ4n) is 3.77. The van der Waals surface area contributed by atoms with E-state index in [1.807, 2.05) is 10.9 Å². The van der Waals surface area contributed by atoms with Crippen molar-refractivity contribution < 1.29 is 14.3 Å². The van der Waals surface area contributed by atoms with Gasteiger partial charge in [0.2, 0.25) is 5.91 Å². The van der Waals surface area contributed by atoms with Crippen molar-refractivity contribution >= 4 is 12.0 Å². The van der Waals surface area contributed by atoms with Gasteiger partial charge >= 0.3 is 6.09 Å². The molecule has 4 rings (SSSR count). The van der Waals surface area contributed by atoms with Crippen molar-refractivity contribution in [2.45, 2.75) is 39.2 Å². The van der Waals surface area contributed by atoms with E-state index in [2.05, 4.69) is 42.5 Å². The zero-order valence-electron chi connectivity index (χ0n) is 15.7. The number of hydrogen-bond donors (Lipinski definition) is 1. The van der Waals surface area contributed by atoms with Crippen LogP contribution >= 0.6 is 0 Å². The fraction of sp³-hybridized carbons (Fsp3) is 0.450. The Morgan fingerprint density at radius 3 is 2.93 bits per heavy atom. The van der Waals surface area contributed by atoms with Crippen molar-refractivity contribution in [3.05, 3.63) is 46.8 Å². The lowest BCUT2D eigenvalue weighted by atomic mass is 9.92. The van der Waals surface area contributed by atoms with Gasteiger partial charge in [-0.05, 0) is 56.4 Å². The molecule has 7 heteroatoms. The van der Waals surface area contributed by atoms with Crippen molar-refractivity contribution in [2.75, 3.05) is 19.7 Å². The lowest BCUT2D eigenvalue weighted by Gasteiger charge is -2.25. The van der Waals surface area contributed by atoms with Crippen LogP contribution < -0.4 is 5.32 Å². The van der Waals surface area contributed by atoms with E-state index in [9.17, 15) is 9.59 Å². The molecule has 2 aliphatic rings. The summed E-state index contributed by atoms with van der Waals surface area (Å²) in [5.74, 6) is -0.161. The van der Waals surface area contributed by atoms with Crippen LogP contribution in [0.1, 0.15) is 41.3 Å². The molecular formula is C20H24N4O3. The topological polar surface area (TPSA) is 76.5 Å². The highest BCUT2D eigenvalue weighted by Gasteiger charge is 2.29. The second-order valence-corrected chi connectivity index (χ2v) is 7.28. The Kier molecular flexibility index (Phi) is 4.59. The standard InChI is InChI=1S/C20H24N4O3/c1-13-6-7-15(10-14(13)2)24-18-5-3-4-17(16(18)11-21-24)22-19(25)12-23-8-9-27-20(23)26/h6-7,10-11,17H,3-5,8-9,12H2,1-2H3,(H,22,25)/t17-/m0/s1. The summed E-state index contributed by atoms with van der Waals surface area (Å²) in [6.45, 7) is 5.05. The van der Waals surface area contributed by atoms with E-state index in [0.29, 0.717) is 13.2 Å². The Hall–Kier alpha value is -2.83. The smallest absolute Gasteiger partial charge is 0.410 e. The second-order valence-electron chi connectivity index (χ2n) is 7.28. The number of nitrogens with zero attached hydrogens (tertiary/aromatic N) is 3. The van der Waals surface area contributed by atoms with Gasteiger partial charge in [0.15, 0.2) is 0 Å². The van der Waals surface area contributed by atoms with Gasteiger partial charge in [0.1, 0.15) is 13.2 Å². The van der Waals surface area contributed by atoms with E-state index in [-0.39, 0.29) is 18.5 Å². The molecule has 1 aromatic carbocycles. The summed E-state index contributed by atoms with van der Waals surface area (Å²) in [5.41, 5.74) is 5.75. The number of carbonyl (C=O) groups is 2. The van der Waals surface area contributed by atoms with Crippen LogP contribution in [0.15, 0.2) is 24.4 Å². The number of fused-ring (bicyclic) bond motifs is 1. The third kappa shape index (κ3) is 3.41. The minimum atomic E-state index is -0.419. The zero-order chi connectivity index (χ0) is 19.0. The Morgan fingerprint density at radius 2 is 2.19 bits per heavy atom. The van der Waals surface area contributed by atoms with Gasteiger partial charge in [-0.2, -0.15) is 5.10 Å². The Balaban J connectivity index is 1.52. The van der Waals surface area contributed by atoms with Gasteiger partial charge < -0.3 is 10.1 Å². The molecule has 1 fully saturated rings. The summed E-state index contributed by atoms with van der Waals surface area (Å²) in [6, 6.07) is 6.26. The molecule has 1 N–H and O–H groups in total. The third-order valence-corrected chi connectivity index (χ3v) is 5.43. The van der Waals surface area contributed by atoms with Gasteiger partial charge in [-0.15, -0.1) is 0 Å². The first-order valence-electron chi connectivity index (χ1n) is 9.38. The second kappa shape index (κ2) is 7.06. The van der Waals surface area contributed by atoms with Gasteiger partial charge in [-0.1, -0.05) is 6.07 Å². The molecule has 0 saturated carbocycles. The van der Waals surface area contributed by atoms with Crippen molar-refractivity contribution in [1.29, 1.82) is 0 Å². The van der Waals surface area contributed by atoms with Crippen LogP contribution in [-0.4, -0.2) is 46.4 Å². The van der Waals surface area contributed by atoms with Gasteiger partial charge in [-0.25, -0.2) is 9.48 Å². The van der Waals surface area contributed by atoms with Crippen molar-refractivity contribution in [2.24, 2.45) is 0 Å². The normalized spacial score (nSPS) is 19.0. The van der Waals surface area contributed by atoms with Crippen molar-refractivity contribution in [1.82, 2.24) is 20.0 Å². The Morgan fingerprint density at radius 1 is 1.33 bits per heavy atom. The van der Waals surface area contributed by atoms with E-state index in [4.69, 9.17) is 4.74 Å². The predicted molar refractivity (Wildman–Crippen MR) is 99.8 cm³/mol. The van der Waals surface area contributed by atoms with Crippen LogP contribution in [0.5, 0.6) is 0 Å². The van der Waals surface area contributed by atoms with E-state index in [0.717, 1.165) is 36.2 Å². The van der Waals surface area contributed by atoms with Crippen LogP contribution in [-0.2, 0) is 16.0 Å². The van der Waals surface area contributed by atoms with Gasteiger partial charge in [-0.3, -0.25) is 9.69 Å². The van der Waals surface area contributed by atoms with Gasteiger partial charge in [0.25, 0.3) is 0 Å². The molecule has 2 heterocycles. The van der Waals surface area contributed by atoms with E-state index in [1.54, 1.807) is 0 Å². The minimum absolute atomic E-state index is 0.0377. The number of rotatable bonds is 4. The zero-order valence-corrected chi connectivity index (χ0v) is 15.7. The average Bonchev–Trinajstić information content (AvgIpc) is 3.25. The quantitative estimate of drug-likeness (QED) is 0.899. The molecule has 1 atom stereocenters. The summed E-state index contributed by atoms with van der Waals surface area (Å²) in [4.78, 5) is 25.3. The molecule has 27 heavy (non-hydrogen) atoms. The largest absolute Gasteiger partial charge is 0.448 e. The van der Waals surface area contributed by atoms with Crippen LogP contribution in [0.25, 0.3) is 5.69 Å². The number of benzene rings is 1. The minimum Gasteiger partial charge on any atom is -0.448 e. The predicted octanol–water partition coefficient (Wildman–Crippen LogP) is 2.43. The van der Waals surface area contributed by atoms with E-state index >= 15 is 0 Å². The number of hydrogen-bond acceptors (Lipinski definition) is 4. The number of carbonyl (C=O) groups excluding carboxylic acids is 2. The van der Waals surface area contributed by atoms with Crippen LogP contribution in [0.2, 0.25) is 0 Å². The maximum atomic E-state index is 12.4. The highest BCUT2D eigenvalue weighted by Crippen LogP contribution is 2.31. The maximum Gasteiger partial charge on any atom is 0.410 e. The summed E-state index contributed by atoms with van der Waals surface area (Å²) >= 11 is 0. The highest BCUT2D eigenvalue weighted by molar-refractivity contribution is 5.83. The fourth-order valence-corrected chi connectivity index (χ4v) is 3.77. The molecule has 142 valence electrons. The molecular weight excluding hydrogens is 344 g/mol. The monoisotopic (exact) mass is 368 g/mol. The van der Waals surface area contributed by atoms with E-state index < -0.39 is 6.09 Å². The third-order valence-electron chi connectivity index (χ3n) is 5.43. The van der Waals surface area contributed by atoms with E-state index in [1.165, 1.54) is 16.0 Å². The lowest BCUT2D eigenvalue weighted by molar-refractivity contribution is -0.122. The van der Waals surface area contributed by atoms with Crippen molar-refractivity contribution in [3.8, 4) is 5.69 Å². The number of aryl methyl sites for hydroxylation is 2. The molecule has 0 unspecified atom stereocenters. The molecule has 1 saturated heterocycles. The molecule has 7 nitrogen and oxygen atoms in total. The first-order chi connectivity index (χ1) is 13.0. The molecule has 2 aromatic rings. The number of amides is 2. The molecule has 0 spiro atoms. The van der Waals surface area contributed by atoms with Crippen molar-refractivity contribution in [3.63, 3.8) is 0 Å². The number of ether oxygens (including phenoxy) is 1. The summed E-state index contributed by atoms with van der Waals surface area (Å²) in [6.07, 6.45) is 4.24. The van der Waals surface area contributed by atoms with Gasteiger partial charge in [0, 0.05) is 11.3 Å². The highest BCUT2D eigenvalue weighted by atomic mass is 16.6. The number of cyclic esters (lactones) is 1. The average molecular weight is 368 g/mol. The number of aromatic nitrogens is 2. The maximum absolute atomic E-state index is 12.4. The Bertz CT molecular complexity index is 889. The van der Waals surface area contributed by atoms with Crippen LogP contribution in [0.3, 0.4) is 0 Å². The first kappa shape index (κ1) is 17.6. The molecule has 1 aliphatic heterocycles. The SMILES string of the molecule is Cc1ccc(-n2ncc3c2CCC[C@@H]3NC(=O)CN2CCOC2=O)cc1C.